The second kappa shape index (κ2) is 8.05. The van der Waals surface area contributed by atoms with Crippen LogP contribution in [0.2, 0.25) is 0 Å². The fourth-order valence-electron chi connectivity index (χ4n) is 3.51. The van der Waals surface area contributed by atoms with Crippen molar-refractivity contribution in [1.29, 1.82) is 0 Å². The Labute approximate surface area is 179 Å². The summed E-state index contributed by atoms with van der Waals surface area (Å²) in [5, 5.41) is 5.59. The molecule has 0 spiro atoms. The summed E-state index contributed by atoms with van der Waals surface area (Å²) in [5.41, 5.74) is 7.71. The van der Waals surface area contributed by atoms with E-state index in [0.29, 0.717) is 6.54 Å². The highest BCUT2D eigenvalue weighted by molar-refractivity contribution is 7.13. The van der Waals surface area contributed by atoms with E-state index in [2.05, 4.69) is 81.8 Å². The predicted molar refractivity (Wildman–Crippen MR) is 125 cm³/mol. The van der Waals surface area contributed by atoms with Gasteiger partial charge in [-0.25, -0.2) is 4.98 Å². The fraction of sp³-hybridized carbons (Fsp3) is 0.0800. The zero-order valence-electron chi connectivity index (χ0n) is 16.5. The average Bonchev–Trinajstić information content (AvgIpc) is 3.33. The first-order chi connectivity index (χ1) is 14.8. The number of nitrogens with zero attached hydrogens (tertiary/aromatic N) is 3. The summed E-state index contributed by atoms with van der Waals surface area (Å²) in [7, 11) is 0. The predicted octanol–water partition coefficient (Wildman–Crippen LogP) is 6.34. The highest BCUT2D eigenvalue weighted by atomic mass is 32.1. The monoisotopic (exact) mass is 408 g/mol. The van der Waals surface area contributed by atoms with Gasteiger partial charge in [0.25, 0.3) is 0 Å². The van der Waals surface area contributed by atoms with E-state index in [1.54, 1.807) is 11.3 Å². The molecule has 4 nitrogen and oxygen atoms in total. The molecule has 3 aromatic heterocycles. The summed E-state index contributed by atoms with van der Waals surface area (Å²) in [6.07, 6.45) is 5.57. The van der Waals surface area contributed by atoms with Crippen LogP contribution in [0.15, 0.2) is 84.8 Å². The summed E-state index contributed by atoms with van der Waals surface area (Å²) < 4.78 is 0. The van der Waals surface area contributed by atoms with Gasteiger partial charge in [-0.2, -0.15) is 0 Å². The lowest BCUT2D eigenvalue weighted by Gasteiger charge is -2.10. The third-order valence-corrected chi connectivity index (χ3v) is 5.89. The van der Waals surface area contributed by atoms with Crippen LogP contribution in [0.5, 0.6) is 0 Å². The van der Waals surface area contributed by atoms with E-state index in [1.165, 1.54) is 22.3 Å². The highest BCUT2D eigenvalue weighted by Gasteiger charge is 2.07. The number of hydrogen-bond donors (Lipinski definition) is 1. The largest absolute Gasteiger partial charge is 0.365 e. The summed E-state index contributed by atoms with van der Waals surface area (Å²) in [6, 6.07) is 21.3. The second-order valence-corrected chi connectivity index (χ2v) is 8.12. The lowest BCUT2D eigenvalue weighted by molar-refractivity contribution is 1.12. The Kier molecular flexibility index (Phi) is 4.95. The number of aryl methyl sites for hydroxylation is 1. The van der Waals surface area contributed by atoms with Gasteiger partial charge in [-0.1, -0.05) is 54.1 Å². The molecule has 0 saturated carbocycles. The number of aromatic nitrogens is 3. The highest BCUT2D eigenvalue weighted by Crippen LogP contribution is 2.27. The van der Waals surface area contributed by atoms with Gasteiger partial charge in [0, 0.05) is 30.5 Å². The van der Waals surface area contributed by atoms with E-state index in [4.69, 9.17) is 0 Å². The lowest BCUT2D eigenvalue weighted by atomic mass is 10.0. The molecule has 0 bridgehead atoms. The molecule has 0 aliphatic rings. The van der Waals surface area contributed by atoms with Crippen molar-refractivity contribution in [3.05, 3.63) is 95.9 Å². The van der Waals surface area contributed by atoms with E-state index in [9.17, 15) is 0 Å². The molecule has 0 unspecified atom stereocenters. The van der Waals surface area contributed by atoms with Gasteiger partial charge in [0.05, 0.1) is 16.1 Å². The molecule has 30 heavy (non-hydrogen) atoms. The Morgan fingerprint density at radius 2 is 1.80 bits per heavy atom. The maximum atomic E-state index is 4.61. The minimum absolute atomic E-state index is 0.705. The first-order valence-corrected chi connectivity index (χ1v) is 10.7. The van der Waals surface area contributed by atoms with E-state index >= 15 is 0 Å². The topological polar surface area (TPSA) is 50.7 Å². The van der Waals surface area contributed by atoms with Crippen molar-refractivity contribution in [3.63, 3.8) is 0 Å². The van der Waals surface area contributed by atoms with Gasteiger partial charge in [-0.3, -0.25) is 9.97 Å². The van der Waals surface area contributed by atoms with Gasteiger partial charge < -0.3 is 5.32 Å². The molecule has 1 N–H and O–H groups in total. The molecular formula is C25H20N4S. The summed E-state index contributed by atoms with van der Waals surface area (Å²) >= 11 is 1.59. The molecule has 0 fully saturated rings. The molecule has 0 atom stereocenters. The number of hydrogen-bond acceptors (Lipinski definition) is 5. The SMILES string of the molecule is Cc1cccc(-c2ccc(CNc3nccc4cc(-c5cncs5)ncc34)cc2)c1. The van der Waals surface area contributed by atoms with Crippen molar-refractivity contribution >= 4 is 27.9 Å². The van der Waals surface area contributed by atoms with Gasteiger partial charge in [0.2, 0.25) is 0 Å². The van der Waals surface area contributed by atoms with Crippen LogP contribution in [0.3, 0.4) is 0 Å². The fourth-order valence-corrected chi connectivity index (χ4v) is 4.10. The normalized spacial score (nSPS) is 11.0. The maximum Gasteiger partial charge on any atom is 0.135 e. The van der Waals surface area contributed by atoms with E-state index in [-0.39, 0.29) is 0 Å². The Balaban J connectivity index is 1.35. The number of nitrogens with one attached hydrogen (secondary N) is 1. The van der Waals surface area contributed by atoms with Crippen molar-refractivity contribution < 1.29 is 0 Å². The standard InChI is InChI=1S/C25H20N4S/c1-17-3-2-4-20(11-17)19-7-5-18(6-8-19)13-29-25-22-14-28-23(24-15-26-16-30-24)12-21(22)9-10-27-25/h2-12,14-16H,13H2,1H3,(H,27,29). The molecule has 0 aliphatic carbocycles. The van der Waals surface area contributed by atoms with E-state index < -0.39 is 0 Å². The minimum atomic E-state index is 0.705. The quantitative estimate of drug-likeness (QED) is 0.369. The summed E-state index contributed by atoms with van der Waals surface area (Å²) in [4.78, 5) is 14.3. The molecule has 5 rings (SSSR count). The van der Waals surface area contributed by atoms with E-state index in [0.717, 1.165) is 27.2 Å². The molecular weight excluding hydrogens is 388 g/mol. The molecule has 3 heterocycles. The van der Waals surface area contributed by atoms with E-state index in [1.807, 2.05) is 30.2 Å². The van der Waals surface area contributed by atoms with Crippen molar-refractivity contribution in [2.24, 2.45) is 0 Å². The first kappa shape index (κ1) is 18.5. The van der Waals surface area contributed by atoms with Gasteiger partial charge >= 0.3 is 0 Å². The van der Waals surface area contributed by atoms with Crippen LogP contribution in [0, 0.1) is 6.92 Å². The summed E-state index contributed by atoms with van der Waals surface area (Å²) in [6.45, 7) is 2.82. The first-order valence-electron chi connectivity index (χ1n) is 9.80. The van der Waals surface area contributed by atoms with Crippen LogP contribution < -0.4 is 5.32 Å². The Hall–Kier alpha value is -3.57. The molecule has 146 valence electrons. The zero-order valence-corrected chi connectivity index (χ0v) is 17.4. The number of rotatable bonds is 5. The van der Waals surface area contributed by atoms with Crippen LogP contribution in [-0.2, 0) is 6.54 Å². The van der Waals surface area contributed by atoms with Crippen LogP contribution in [0.4, 0.5) is 5.82 Å². The van der Waals surface area contributed by atoms with Gasteiger partial charge in [0.1, 0.15) is 5.82 Å². The third-order valence-electron chi connectivity index (χ3n) is 5.10. The molecule has 5 heteroatoms. The molecule has 0 amide bonds. The minimum Gasteiger partial charge on any atom is -0.365 e. The van der Waals surface area contributed by atoms with Crippen LogP contribution in [0.25, 0.3) is 32.5 Å². The van der Waals surface area contributed by atoms with Crippen LogP contribution in [-0.4, -0.2) is 15.0 Å². The van der Waals surface area contributed by atoms with Crippen molar-refractivity contribution in [3.8, 4) is 21.7 Å². The van der Waals surface area contributed by atoms with Crippen molar-refractivity contribution in [1.82, 2.24) is 15.0 Å². The van der Waals surface area contributed by atoms with Gasteiger partial charge in [0.15, 0.2) is 0 Å². The number of fused-ring (bicyclic) bond motifs is 1. The van der Waals surface area contributed by atoms with Crippen LogP contribution >= 0.6 is 11.3 Å². The number of pyridine rings is 2. The molecule has 0 aliphatic heterocycles. The van der Waals surface area contributed by atoms with Crippen molar-refractivity contribution in [2.45, 2.75) is 13.5 Å². The summed E-state index contributed by atoms with van der Waals surface area (Å²) in [5.74, 6) is 0.846. The number of anilines is 1. The Morgan fingerprint density at radius 3 is 2.60 bits per heavy atom. The molecule has 0 radical (unpaired) electrons. The lowest BCUT2D eigenvalue weighted by Crippen LogP contribution is -2.02. The zero-order chi connectivity index (χ0) is 20.3. The van der Waals surface area contributed by atoms with Gasteiger partial charge in [-0.15, -0.1) is 11.3 Å². The smallest absolute Gasteiger partial charge is 0.135 e. The van der Waals surface area contributed by atoms with Crippen molar-refractivity contribution in [2.75, 3.05) is 5.32 Å². The maximum absolute atomic E-state index is 4.61. The molecule has 0 saturated heterocycles. The molecule has 2 aromatic carbocycles. The molecule has 5 aromatic rings. The van der Waals surface area contributed by atoms with Crippen LogP contribution in [0.1, 0.15) is 11.1 Å². The number of benzene rings is 2. The second-order valence-electron chi connectivity index (χ2n) is 7.24. The average molecular weight is 409 g/mol. The van der Waals surface area contributed by atoms with Gasteiger partial charge in [-0.05, 0) is 41.1 Å². The Bertz CT molecular complexity index is 1290. The third kappa shape index (κ3) is 3.80. The Morgan fingerprint density at radius 1 is 0.900 bits per heavy atom. The number of thiazole rings is 1.